The molecule has 0 heterocycles. The van der Waals surface area contributed by atoms with Gasteiger partial charge in [-0.15, -0.1) is 0 Å². The second-order valence-corrected chi connectivity index (χ2v) is 3.53. The van der Waals surface area contributed by atoms with Gasteiger partial charge in [-0.2, -0.15) is 8.42 Å². The first-order valence-electron chi connectivity index (χ1n) is 3.28. The van der Waals surface area contributed by atoms with Gasteiger partial charge in [-0.1, -0.05) is 30.3 Å². The van der Waals surface area contributed by atoms with Crippen LogP contribution in [0.25, 0.3) is 6.08 Å². The van der Waals surface area contributed by atoms with Crippen LogP contribution in [0.4, 0.5) is 0 Å². The van der Waals surface area contributed by atoms with Gasteiger partial charge in [0.25, 0.3) is 10.1 Å². The fourth-order valence-electron chi connectivity index (χ4n) is 0.729. The Morgan fingerprint density at radius 1 is 1.15 bits per heavy atom. The van der Waals surface area contributed by atoms with Gasteiger partial charge in [-0.3, -0.25) is 4.55 Å². The third-order valence-corrected chi connectivity index (χ3v) is 1.71. The molecule has 0 aromatic heterocycles. The number of rotatable bonds is 2. The van der Waals surface area contributed by atoms with E-state index in [1.165, 1.54) is 6.08 Å². The summed E-state index contributed by atoms with van der Waals surface area (Å²) in [5.41, 5.74) is 0.732. The van der Waals surface area contributed by atoms with Crippen LogP contribution in [0.2, 0.25) is 0 Å². The van der Waals surface area contributed by atoms with Crippen molar-refractivity contribution in [2.24, 2.45) is 0 Å². The van der Waals surface area contributed by atoms with E-state index >= 15 is 0 Å². The Bertz CT molecular complexity index is 370. The van der Waals surface area contributed by atoms with Gasteiger partial charge in [0.1, 0.15) is 0 Å². The topological polar surface area (TPSA) is 54.4 Å². The molecule has 1 N–H and O–H groups in total. The molecule has 0 aliphatic heterocycles. The molecule has 1 aromatic carbocycles. The maximum atomic E-state index is 10.3. The van der Waals surface area contributed by atoms with Gasteiger partial charge in [0.15, 0.2) is 0 Å². The predicted octanol–water partition coefficient (Wildman–Crippen LogP) is 1.54. The zero-order valence-corrected chi connectivity index (χ0v) is 8.81. The summed E-state index contributed by atoms with van der Waals surface area (Å²) in [6.07, 6.45) is 1.33. The van der Waals surface area contributed by atoms with Crippen LogP contribution in [0, 0.1) is 0 Å². The van der Waals surface area contributed by atoms with Crippen molar-refractivity contribution in [1.82, 2.24) is 0 Å². The van der Waals surface area contributed by atoms with Crippen molar-refractivity contribution in [3.05, 3.63) is 41.3 Å². The first-order valence-corrected chi connectivity index (χ1v) is 4.79. The summed E-state index contributed by atoms with van der Waals surface area (Å²) in [4.78, 5) is 0. The van der Waals surface area contributed by atoms with E-state index in [1.807, 2.05) is 6.07 Å². The molecule has 75 valence electrons. The van der Waals surface area contributed by atoms with Crippen LogP contribution in [0.15, 0.2) is 35.7 Å². The van der Waals surface area contributed by atoms with E-state index < -0.39 is 10.1 Å². The molecule has 0 aliphatic carbocycles. The molecule has 0 aliphatic rings. The average Bonchev–Trinajstić information content (AvgIpc) is 2.02. The Kier molecular flexibility index (Phi) is 5.20. The van der Waals surface area contributed by atoms with Gasteiger partial charge in [-0.25, -0.2) is 0 Å². The summed E-state index contributed by atoms with van der Waals surface area (Å²) in [5.74, 6) is 0. The van der Waals surface area contributed by atoms with Crippen molar-refractivity contribution in [3.8, 4) is 0 Å². The molecule has 0 amide bonds. The second-order valence-electron chi connectivity index (χ2n) is 2.23. The van der Waals surface area contributed by atoms with Crippen LogP contribution in [0.5, 0.6) is 0 Å². The first-order chi connectivity index (χ1) is 5.58. The van der Waals surface area contributed by atoms with Crippen molar-refractivity contribution >= 4 is 16.2 Å². The molecule has 0 saturated heterocycles. The van der Waals surface area contributed by atoms with E-state index in [0.717, 1.165) is 11.0 Å². The van der Waals surface area contributed by atoms with Gasteiger partial charge in [0.05, 0.1) is 5.41 Å². The number of hydrogen-bond donors (Lipinski definition) is 1. The predicted molar refractivity (Wildman–Crippen MR) is 47.0 cm³/mol. The van der Waals surface area contributed by atoms with Crippen LogP contribution in [0.1, 0.15) is 5.56 Å². The summed E-state index contributed by atoms with van der Waals surface area (Å²) in [7, 11) is -4.00. The van der Waals surface area contributed by atoms with Gasteiger partial charge < -0.3 is 0 Å². The normalized spacial score (nSPS) is 11.2. The number of benzene rings is 1. The van der Waals surface area contributed by atoms with E-state index in [1.54, 1.807) is 24.3 Å². The Balaban J connectivity index is 0.00000144. The SMILES string of the molecule is O=S(=O)(O)C=Cc1ccccc1.[Ag]. The van der Waals surface area contributed by atoms with Crippen LogP contribution in [-0.2, 0) is 32.5 Å². The molecule has 1 radical (unpaired) electrons. The number of hydrogen-bond acceptors (Lipinski definition) is 2. The van der Waals surface area contributed by atoms with Gasteiger partial charge >= 0.3 is 0 Å². The molecule has 3 nitrogen and oxygen atoms in total. The molecule has 0 unspecified atom stereocenters. The van der Waals surface area contributed by atoms with E-state index in [2.05, 4.69) is 0 Å². The maximum Gasteiger partial charge on any atom is 0.287 e. The molecule has 0 fully saturated rings. The summed E-state index contributed by atoms with van der Waals surface area (Å²) < 4.78 is 28.9. The fourth-order valence-corrected chi connectivity index (χ4v) is 1.06. The monoisotopic (exact) mass is 291 g/mol. The minimum Gasteiger partial charge on any atom is -0.282 e. The Labute approximate surface area is 92.7 Å². The molecule has 0 saturated carbocycles. The molecule has 1 aromatic rings. The fraction of sp³-hybridized carbons (Fsp3) is 0. The average molecular weight is 292 g/mol. The van der Waals surface area contributed by atoms with Crippen LogP contribution >= 0.6 is 0 Å². The second kappa shape index (κ2) is 5.36. The van der Waals surface area contributed by atoms with Gasteiger partial charge in [0, 0.05) is 22.4 Å². The smallest absolute Gasteiger partial charge is 0.282 e. The van der Waals surface area contributed by atoms with Crippen LogP contribution in [-0.4, -0.2) is 13.0 Å². The summed E-state index contributed by atoms with van der Waals surface area (Å²) in [5, 5.41) is 0.752. The summed E-state index contributed by atoms with van der Waals surface area (Å²) >= 11 is 0. The largest absolute Gasteiger partial charge is 0.287 e. The first kappa shape index (κ1) is 12.6. The van der Waals surface area contributed by atoms with Crippen molar-refractivity contribution in [3.63, 3.8) is 0 Å². The molecular formula is C8H8AgO3S. The summed E-state index contributed by atoms with van der Waals surface area (Å²) in [6, 6.07) is 8.86. The van der Waals surface area contributed by atoms with E-state index in [-0.39, 0.29) is 22.4 Å². The molecule has 1 rings (SSSR count). The Morgan fingerprint density at radius 3 is 2.15 bits per heavy atom. The van der Waals surface area contributed by atoms with E-state index in [9.17, 15) is 8.42 Å². The van der Waals surface area contributed by atoms with Crippen molar-refractivity contribution in [1.29, 1.82) is 0 Å². The maximum absolute atomic E-state index is 10.3. The molecular weight excluding hydrogens is 284 g/mol. The molecule has 13 heavy (non-hydrogen) atoms. The standard InChI is InChI=1S/C8H8O3S.Ag/c9-12(10,11)7-6-8-4-2-1-3-5-8;/h1-7H,(H,9,10,11);. The van der Waals surface area contributed by atoms with Crippen LogP contribution < -0.4 is 0 Å². The Morgan fingerprint density at radius 2 is 1.69 bits per heavy atom. The van der Waals surface area contributed by atoms with E-state index in [4.69, 9.17) is 4.55 Å². The molecule has 0 spiro atoms. The van der Waals surface area contributed by atoms with Gasteiger partial charge in [-0.05, 0) is 11.6 Å². The van der Waals surface area contributed by atoms with Crippen molar-refractivity contribution < 1.29 is 35.4 Å². The van der Waals surface area contributed by atoms with Crippen LogP contribution in [0.3, 0.4) is 0 Å². The third-order valence-electron chi connectivity index (χ3n) is 1.23. The quantitative estimate of drug-likeness (QED) is 0.664. The van der Waals surface area contributed by atoms with E-state index in [0.29, 0.717) is 0 Å². The molecule has 0 atom stereocenters. The third kappa shape index (κ3) is 5.79. The minimum atomic E-state index is -4.00. The van der Waals surface area contributed by atoms with Crippen molar-refractivity contribution in [2.75, 3.05) is 0 Å². The Hall–Kier alpha value is -0.390. The van der Waals surface area contributed by atoms with Crippen molar-refractivity contribution in [2.45, 2.75) is 0 Å². The van der Waals surface area contributed by atoms with Gasteiger partial charge in [0.2, 0.25) is 0 Å². The summed E-state index contributed by atoms with van der Waals surface area (Å²) in [6.45, 7) is 0. The zero-order chi connectivity index (χ0) is 9.03. The molecule has 0 bridgehead atoms. The zero-order valence-electron chi connectivity index (χ0n) is 6.51. The minimum absolute atomic E-state index is 0. The molecule has 5 heteroatoms.